The zero-order valence-electron chi connectivity index (χ0n) is 8.87. The molecule has 1 aliphatic heterocycles. The number of pyridine rings is 1. The normalized spacial score (nSPS) is 22.3. The van der Waals surface area contributed by atoms with Gasteiger partial charge in [-0.1, -0.05) is 23.2 Å². The first-order valence-electron chi connectivity index (χ1n) is 5.36. The van der Waals surface area contributed by atoms with Crippen LogP contribution in [0, 0.1) is 0 Å². The first kappa shape index (κ1) is 12.1. The lowest BCUT2D eigenvalue weighted by Gasteiger charge is -2.29. The van der Waals surface area contributed by atoms with Gasteiger partial charge < -0.3 is 5.11 Å². The molecule has 0 aliphatic carbocycles. The predicted molar refractivity (Wildman–Crippen MR) is 64.8 cm³/mol. The first-order valence-corrected chi connectivity index (χ1v) is 6.12. The molecule has 2 rings (SSSR count). The maximum Gasteiger partial charge on any atom is 0.129 e. The second-order valence-electron chi connectivity index (χ2n) is 4.09. The molecule has 1 atom stereocenters. The van der Waals surface area contributed by atoms with Crippen molar-refractivity contribution in [1.29, 1.82) is 0 Å². The molecule has 1 N–H and O–H groups in total. The standard InChI is InChI=1S/C11H14Cl2N2O/c12-9-3-4-11(13)14-10(9)7-15-5-1-2-8(16)6-15/h3-4,8,16H,1-2,5-7H2. The second-order valence-corrected chi connectivity index (χ2v) is 4.89. The SMILES string of the molecule is OC1CCCN(Cc2nc(Cl)ccc2Cl)C1. The monoisotopic (exact) mass is 260 g/mol. The summed E-state index contributed by atoms with van der Waals surface area (Å²) in [5.74, 6) is 0. The molecule has 0 amide bonds. The lowest BCUT2D eigenvalue weighted by atomic mass is 10.1. The maximum atomic E-state index is 9.56. The Labute approximate surface area is 105 Å². The van der Waals surface area contributed by atoms with Crippen molar-refractivity contribution >= 4 is 23.2 Å². The number of likely N-dealkylation sites (tertiary alicyclic amines) is 1. The third-order valence-corrected chi connectivity index (χ3v) is 3.29. The van der Waals surface area contributed by atoms with Gasteiger partial charge in [0.15, 0.2) is 0 Å². The highest BCUT2D eigenvalue weighted by Gasteiger charge is 2.18. The van der Waals surface area contributed by atoms with Crippen LogP contribution in [0.5, 0.6) is 0 Å². The molecule has 1 aromatic rings. The molecule has 16 heavy (non-hydrogen) atoms. The van der Waals surface area contributed by atoms with Crippen LogP contribution in [0.3, 0.4) is 0 Å². The Balaban J connectivity index is 2.05. The third kappa shape index (κ3) is 3.08. The number of halogens is 2. The number of piperidine rings is 1. The summed E-state index contributed by atoms with van der Waals surface area (Å²) in [6.45, 7) is 2.31. The fourth-order valence-electron chi connectivity index (χ4n) is 1.96. The van der Waals surface area contributed by atoms with Gasteiger partial charge in [-0.05, 0) is 31.5 Å². The second kappa shape index (κ2) is 5.32. The van der Waals surface area contributed by atoms with Crippen LogP contribution in [0.2, 0.25) is 10.2 Å². The van der Waals surface area contributed by atoms with E-state index in [4.69, 9.17) is 23.2 Å². The molecular formula is C11H14Cl2N2O. The van der Waals surface area contributed by atoms with Crippen molar-refractivity contribution < 1.29 is 5.11 Å². The maximum absolute atomic E-state index is 9.56. The highest BCUT2D eigenvalue weighted by atomic mass is 35.5. The molecule has 2 heterocycles. The van der Waals surface area contributed by atoms with Crippen molar-refractivity contribution in [2.75, 3.05) is 13.1 Å². The molecule has 0 radical (unpaired) electrons. The lowest BCUT2D eigenvalue weighted by molar-refractivity contribution is 0.0662. The van der Waals surface area contributed by atoms with Gasteiger partial charge in [-0.15, -0.1) is 0 Å². The first-order chi connectivity index (χ1) is 7.65. The molecule has 0 saturated carbocycles. The number of β-amino-alcohol motifs (C(OH)–C–C–N with tert-alkyl or cyclic N) is 1. The number of aliphatic hydroxyl groups is 1. The Bertz CT molecular complexity index is 373. The molecule has 1 aliphatic rings. The van der Waals surface area contributed by atoms with E-state index in [2.05, 4.69) is 9.88 Å². The minimum Gasteiger partial charge on any atom is -0.392 e. The van der Waals surface area contributed by atoms with E-state index in [1.165, 1.54) is 0 Å². The van der Waals surface area contributed by atoms with Gasteiger partial charge in [0.05, 0.1) is 16.8 Å². The fraction of sp³-hybridized carbons (Fsp3) is 0.545. The molecule has 0 aromatic carbocycles. The van der Waals surface area contributed by atoms with Crippen LogP contribution in [0.15, 0.2) is 12.1 Å². The third-order valence-electron chi connectivity index (χ3n) is 2.74. The van der Waals surface area contributed by atoms with Crippen LogP contribution in [0.1, 0.15) is 18.5 Å². The molecule has 1 aromatic heterocycles. The van der Waals surface area contributed by atoms with E-state index in [0.717, 1.165) is 25.1 Å². The van der Waals surface area contributed by atoms with Crippen LogP contribution in [-0.2, 0) is 6.54 Å². The van der Waals surface area contributed by atoms with Crippen molar-refractivity contribution in [1.82, 2.24) is 9.88 Å². The van der Waals surface area contributed by atoms with E-state index in [9.17, 15) is 5.11 Å². The molecule has 5 heteroatoms. The minimum atomic E-state index is -0.230. The van der Waals surface area contributed by atoms with Crippen LogP contribution in [-0.4, -0.2) is 34.2 Å². The van der Waals surface area contributed by atoms with Gasteiger partial charge in [-0.25, -0.2) is 4.98 Å². The highest BCUT2D eigenvalue weighted by molar-refractivity contribution is 6.32. The Morgan fingerprint density at radius 3 is 3.00 bits per heavy atom. The summed E-state index contributed by atoms with van der Waals surface area (Å²) in [5, 5.41) is 10.6. The van der Waals surface area contributed by atoms with Crippen molar-refractivity contribution in [2.45, 2.75) is 25.5 Å². The van der Waals surface area contributed by atoms with E-state index >= 15 is 0 Å². The topological polar surface area (TPSA) is 36.4 Å². The zero-order valence-corrected chi connectivity index (χ0v) is 10.4. The van der Waals surface area contributed by atoms with E-state index in [0.29, 0.717) is 23.3 Å². The smallest absolute Gasteiger partial charge is 0.129 e. The molecule has 1 saturated heterocycles. The van der Waals surface area contributed by atoms with Crippen molar-refractivity contribution in [2.24, 2.45) is 0 Å². The summed E-state index contributed by atoms with van der Waals surface area (Å²) in [4.78, 5) is 6.35. The van der Waals surface area contributed by atoms with Gasteiger partial charge in [-0.3, -0.25) is 4.90 Å². The molecule has 1 fully saturated rings. The fourth-order valence-corrected chi connectivity index (χ4v) is 2.29. The molecule has 0 spiro atoms. The number of rotatable bonds is 2. The van der Waals surface area contributed by atoms with Crippen molar-refractivity contribution in [3.05, 3.63) is 28.0 Å². The summed E-state index contributed by atoms with van der Waals surface area (Å²) >= 11 is 11.9. The quantitative estimate of drug-likeness (QED) is 0.830. The molecule has 3 nitrogen and oxygen atoms in total. The summed E-state index contributed by atoms with van der Waals surface area (Å²) < 4.78 is 0. The van der Waals surface area contributed by atoms with Gasteiger partial charge >= 0.3 is 0 Å². The van der Waals surface area contributed by atoms with E-state index < -0.39 is 0 Å². The number of hydrogen-bond donors (Lipinski definition) is 1. The van der Waals surface area contributed by atoms with Gasteiger partial charge in [0.2, 0.25) is 0 Å². The average Bonchev–Trinajstić information content (AvgIpc) is 2.24. The Morgan fingerprint density at radius 2 is 2.25 bits per heavy atom. The largest absolute Gasteiger partial charge is 0.392 e. The molecule has 0 bridgehead atoms. The Kier molecular flexibility index (Phi) is 4.03. The summed E-state index contributed by atoms with van der Waals surface area (Å²) in [6.07, 6.45) is 1.67. The van der Waals surface area contributed by atoms with Gasteiger partial charge in [0.1, 0.15) is 5.15 Å². The van der Waals surface area contributed by atoms with Crippen LogP contribution < -0.4 is 0 Å². The van der Waals surface area contributed by atoms with Crippen LogP contribution >= 0.6 is 23.2 Å². The van der Waals surface area contributed by atoms with Crippen molar-refractivity contribution in [3.8, 4) is 0 Å². The summed E-state index contributed by atoms with van der Waals surface area (Å²) in [5.41, 5.74) is 0.781. The van der Waals surface area contributed by atoms with Gasteiger partial charge in [0, 0.05) is 13.1 Å². The molecule has 88 valence electrons. The van der Waals surface area contributed by atoms with Gasteiger partial charge in [0.25, 0.3) is 0 Å². The summed E-state index contributed by atoms with van der Waals surface area (Å²) in [6, 6.07) is 3.44. The van der Waals surface area contributed by atoms with E-state index in [1.807, 2.05) is 0 Å². The van der Waals surface area contributed by atoms with Crippen molar-refractivity contribution in [3.63, 3.8) is 0 Å². The highest BCUT2D eigenvalue weighted by Crippen LogP contribution is 2.20. The van der Waals surface area contributed by atoms with E-state index in [-0.39, 0.29) is 6.10 Å². The van der Waals surface area contributed by atoms with E-state index in [1.54, 1.807) is 12.1 Å². The molecular weight excluding hydrogens is 247 g/mol. The van der Waals surface area contributed by atoms with Gasteiger partial charge in [-0.2, -0.15) is 0 Å². The lowest BCUT2D eigenvalue weighted by Crippen LogP contribution is -2.37. The Morgan fingerprint density at radius 1 is 1.44 bits per heavy atom. The molecule has 1 unspecified atom stereocenters. The number of aliphatic hydroxyl groups excluding tert-OH is 1. The van der Waals surface area contributed by atoms with Crippen LogP contribution in [0.25, 0.3) is 0 Å². The number of aromatic nitrogens is 1. The predicted octanol–water partition coefficient (Wildman–Crippen LogP) is 2.35. The summed E-state index contributed by atoms with van der Waals surface area (Å²) in [7, 11) is 0. The zero-order chi connectivity index (χ0) is 11.5. The number of nitrogens with zero attached hydrogens (tertiary/aromatic N) is 2. The Hall–Kier alpha value is -0.350. The minimum absolute atomic E-state index is 0.230. The average molecular weight is 261 g/mol. The number of hydrogen-bond acceptors (Lipinski definition) is 3. The van der Waals surface area contributed by atoms with Crippen LogP contribution in [0.4, 0.5) is 0 Å².